The molecule has 0 aliphatic rings. The lowest BCUT2D eigenvalue weighted by molar-refractivity contribution is -0.141. The fraction of sp³-hybridized carbons (Fsp3) is 0.278. The molecule has 0 bridgehead atoms. The van der Waals surface area contributed by atoms with Crippen LogP contribution in [0, 0.1) is 23.0 Å². The molecule has 10 heteroatoms. The second-order valence-corrected chi connectivity index (χ2v) is 5.67. The number of carbonyl (C=O) groups is 1. The Balaban J connectivity index is 2.46. The summed E-state index contributed by atoms with van der Waals surface area (Å²) in [7, 11) is 1.14. The van der Waals surface area contributed by atoms with Gasteiger partial charge in [-0.1, -0.05) is 6.07 Å². The third-order valence-electron chi connectivity index (χ3n) is 3.76. The van der Waals surface area contributed by atoms with Gasteiger partial charge in [-0.2, -0.15) is 18.4 Å². The quantitative estimate of drug-likeness (QED) is 0.546. The topological polar surface area (TPSA) is 66.2 Å². The number of carbonyl (C=O) groups excluding carboxylic acids is 1. The standard InChI is InChI=1S/C18H14F5N3O2/c1-28-16(27)6-7-26(10-11-2-4-13(19)14(20)8-11)17-12(9-24)3-5-15(25-17)18(21,22)23/h2-5,8H,6-7,10H2,1H3. The molecule has 0 spiro atoms. The second kappa shape index (κ2) is 8.65. The highest BCUT2D eigenvalue weighted by Gasteiger charge is 2.33. The van der Waals surface area contributed by atoms with Crippen LogP contribution >= 0.6 is 0 Å². The van der Waals surface area contributed by atoms with Crippen LogP contribution in [-0.2, 0) is 22.3 Å². The molecule has 0 saturated heterocycles. The molecule has 0 saturated carbocycles. The van der Waals surface area contributed by atoms with Crippen molar-refractivity contribution in [3.8, 4) is 6.07 Å². The van der Waals surface area contributed by atoms with Crippen LogP contribution in [0.1, 0.15) is 23.2 Å². The van der Waals surface area contributed by atoms with Crippen molar-refractivity contribution in [3.63, 3.8) is 0 Å². The summed E-state index contributed by atoms with van der Waals surface area (Å²) in [5.41, 5.74) is -1.18. The number of ether oxygens (including phenoxy) is 1. The van der Waals surface area contributed by atoms with Crippen LogP contribution in [0.2, 0.25) is 0 Å². The number of nitrogens with zero attached hydrogens (tertiary/aromatic N) is 3. The first-order valence-corrected chi connectivity index (χ1v) is 7.89. The van der Waals surface area contributed by atoms with Crippen LogP contribution in [0.25, 0.3) is 0 Å². The number of methoxy groups -OCH3 is 1. The van der Waals surface area contributed by atoms with Gasteiger partial charge in [0.2, 0.25) is 0 Å². The number of halogens is 5. The summed E-state index contributed by atoms with van der Waals surface area (Å²) in [4.78, 5) is 16.2. The number of alkyl halides is 3. The summed E-state index contributed by atoms with van der Waals surface area (Å²) >= 11 is 0. The van der Waals surface area contributed by atoms with Gasteiger partial charge in [0.1, 0.15) is 17.6 Å². The number of anilines is 1. The molecule has 1 aromatic heterocycles. The van der Waals surface area contributed by atoms with Gasteiger partial charge in [-0.05, 0) is 29.8 Å². The summed E-state index contributed by atoms with van der Waals surface area (Å²) in [5, 5.41) is 9.23. The Kier molecular flexibility index (Phi) is 6.51. The van der Waals surface area contributed by atoms with Crippen LogP contribution in [-0.4, -0.2) is 24.6 Å². The van der Waals surface area contributed by atoms with Crippen LogP contribution in [0.4, 0.5) is 27.8 Å². The van der Waals surface area contributed by atoms with Crippen molar-refractivity contribution < 1.29 is 31.5 Å². The van der Waals surface area contributed by atoms with Gasteiger partial charge in [0.05, 0.1) is 19.1 Å². The third kappa shape index (κ3) is 5.16. The maximum Gasteiger partial charge on any atom is 0.433 e. The Bertz CT molecular complexity index is 909. The number of pyridine rings is 1. The van der Waals surface area contributed by atoms with E-state index in [-0.39, 0.29) is 36.5 Å². The lowest BCUT2D eigenvalue weighted by Gasteiger charge is -2.25. The predicted molar refractivity (Wildman–Crippen MR) is 88.0 cm³/mol. The van der Waals surface area contributed by atoms with Crippen LogP contribution in [0.5, 0.6) is 0 Å². The molecule has 0 fully saturated rings. The fourth-order valence-corrected chi connectivity index (χ4v) is 2.38. The molecule has 28 heavy (non-hydrogen) atoms. The zero-order valence-corrected chi connectivity index (χ0v) is 14.6. The Morgan fingerprint density at radius 2 is 1.93 bits per heavy atom. The lowest BCUT2D eigenvalue weighted by atomic mass is 10.1. The molecular weight excluding hydrogens is 385 g/mol. The molecule has 148 valence electrons. The highest BCUT2D eigenvalue weighted by molar-refractivity contribution is 5.70. The molecule has 0 aliphatic heterocycles. The number of benzene rings is 1. The lowest BCUT2D eigenvalue weighted by Crippen LogP contribution is -2.28. The van der Waals surface area contributed by atoms with E-state index >= 15 is 0 Å². The Morgan fingerprint density at radius 1 is 1.21 bits per heavy atom. The molecule has 0 radical (unpaired) electrons. The Hall–Kier alpha value is -3.22. The Morgan fingerprint density at radius 3 is 2.50 bits per heavy atom. The van der Waals surface area contributed by atoms with Gasteiger partial charge < -0.3 is 9.64 Å². The smallest absolute Gasteiger partial charge is 0.433 e. The molecular formula is C18H14F5N3O2. The molecule has 0 unspecified atom stereocenters. The zero-order chi connectivity index (χ0) is 20.9. The minimum atomic E-state index is -4.75. The predicted octanol–water partition coefficient (Wildman–Crippen LogP) is 3.82. The first kappa shape index (κ1) is 21.1. The van der Waals surface area contributed by atoms with E-state index in [0.29, 0.717) is 6.07 Å². The first-order valence-electron chi connectivity index (χ1n) is 7.89. The van der Waals surface area contributed by atoms with Crippen molar-refractivity contribution in [1.82, 2.24) is 4.98 Å². The third-order valence-corrected chi connectivity index (χ3v) is 3.76. The molecule has 1 aromatic carbocycles. The number of aromatic nitrogens is 1. The second-order valence-electron chi connectivity index (χ2n) is 5.67. The SMILES string of the molecule is COC(=O)CCN(Cc1ccc(F)c(F)c1)c1nc(C(F)(F)F)ccc1C#N. The summed E-state index contributed by atoms with van der Waals surface area (Å²) in [6.07, 6.45) is -4.97. The summed E-state index contributed by atoms with van der Waals surface area (Å²) < 4.78 is 70.2. The van der Waals surface area contributed by atoms with E-state index < -0.39 is 29.5 Å². The fourth-order valence-electron chi connectivity index (χ4n) is 2.38. The van der Waals surface area contributed by atoms with Crippen LogP contribution < -0.4 is 4.90 Å². The van der Waals surface area contributed by atoms with E-state index in [1.165, 1.54) is 11.0 Å². The van der Waals surface area contributed by atoms with Crippen molar-refractivity contribution >= 4 is 11.8 Å². The van der Waals surface area contributed by atoms with E-state index in [1.54, 1.807) is 6.07 Å². The molecule has 2 aromatic rings. The number of esters is 1. The molecule has 0 amide bonds. The van der Waals surface area contributed by atoms with Crippen LogP contribution in [0.15, 0.2) is 30.3 Å². The normalized spacial score (nSPS) is 11.0. The van der Waals surface area contributed by atoms with Gasteiger partial charge in [-0.3, -0.25) is 4.79 Å². The molecule has 0 N–H and O–H groups in total. The monoisotopic (exact) mass is 399 g/mol. The van der Waals surface area contributed by atoms with E-state index in [1.807, 2.05) is 0 Å². The maximum atomic E-state index is 13.5. The number of hydrogen-bond acceptors (Lipinski definition) is 5. The van der Waals surface area contributed by atoms with Crippen molar-refractivity contribution in [2.45, 2.75) is 19.1 Å². The molecule has 5 nitrogen and oxygen atoms in total. The van der Waals surface area contributed by atoms with Gasteiger partial charge in [0, 0.05) is 13.1 Å². The molecule has 0 atom stereocenters. The van der Waals surface area contributed by atoms with Crippen molar-refractivity contribution in [2.24, 2.45) is 0 Å². The highest BCUT2D eigenvalue weighted by Crippen LogP contribution is 2.31. The summed E-state index contributed by atoms with van der Waals surface area (Å²) in [5.74, 6) is -3.19. The minimum Gasteiger partial charge on any atom is -0.469 e. The van der Waals surface area contributed by atoms with E-state index in [9.17, 15) is 32.0 Å². The van der Waals surface area contributed by atoms with Gasteiger partial charge in [0.15, 0.2) is 11.6 Å². The van der Waals surface area contributed by atoms with Crippen molar-refractivity contribution in [1.29, 1.82) is 5.26 Å². The minimum absolute atomic E-state index is 0.158. The average Bonchev–Trinajstić information content (AvgIpc) is 2.66. The first-order chi connectivity index (χ1) is 13.2. The number of rotatable bonds is 6. The molecule has 2 rings (SSSR count). The van der Waals surface area contributed by atoms with Gasteiger partial charge >= 0.3 is 12.1 Å². The van der Waals surface area contributed by atoms with E-state index in [2.05, 4.69) is 9.72 Å². The van der Waals surface area contributed by atoms with Gasteiger partial charge in [-0.15, -0.1) is 0 Å². The van der Waals surface area contributed by atoms with Crippen molar-refractivity contribution in [3.05, 3.63) is 58.8 Å². The number of nitriles is 1. The van der Waals surface area contributed by atoms with Crippen molar-refractivity contribution in [2.75, 3.05) is 18.6 Å². The van der Waals surface area contributed by atoms with E-state index in [0.717, 1.165) is 25.3 Å². The largest absolute Gasteiger partial charge is 0.469 e. The Labute approximate surface area is 157 Å². The molecule has 0 aliphatic carbocycles. The van der Waals surface area contributed by atoms with Gasteiger partial charge in [0.25, 0.3) is 0 Å². The van der Waals surface area contributed by atoms with Crippen LogP contribution in [0.3, 0.4) is 0 Å². The zero-order valence-electron chi connectivity index (χ0n) is 14.6. The highest BCUT2D eigenvalue weighted by atomic mass is 19.4. The van der Waals surface area contributed by atoms with Gasteiger partial charge in [-0.25, -0.2) is 13.8 Å². The summed E-state index contributed by atoms with van der Waals surface area (Å²) in [6, 6.07) is 6.35. The van der Waals surface area contributed by atoms with E-state index in [4.69, 9.17) is 0 Å². The average molecular weight is 399 g/mol. The summed E-state index contributed by atoms with van der Waals surface area (Å²) in [6.45, 7) is -0.369. The maximum absolute atomic E-state index is 13.5. The molecule has 1 heterocycles. The number of hydrogen-bond donors (Lipinski definition) is 0.